The van der Waals surface area contributed by atoms with Crippen LogP contribution in [0, 0.1) is 0 Å². The number of piperazine rings is 1. The maximum absolute atomic E-state index is 13.0. The molecule has 30 heavy (non-hydrogen) atoms. The summed E-state index contributed by atoms with van der Waals surface area (Å²) in [6, 6.07) is 0. The maximum atomic E-state index is 13.0. The molecular weight excluding hydrogens is 402 g/mol. The highest BCUT2D eigenvalue weighted by Crippen LogP contribution is 2.33. The highest BCUT2D eigenvalue weighted by molar-refractivity contribution is 7.18. The first-order chi connectivity index (χ1) is 14.4. The number of amides is 2. The molecule has 2 aromatic rings. The van der Waals surface area contributed by atoms with E-state index in [9.17, 15) is 14.4 Å². The quantitative estimate of drug-likeness (QED) is 0.705. The monoisotopic (exact) mass is 431 g/mol. The van der Waals surface area contributed by atoms with Crippen LogP contribution in [0.15, 0.2) is 11.1 Å². The van der Waals surface area contributed by atoms with Crippen LogP contribution in [-0.4, -0.2) is 82.9 Å². The van der Waals surface area contributed by atoms with Crippen molar-refractivity contribution in [3.8, 4) is 0 Å². The van der Waals surface area contributed by atoms with Gasteiger partial charge >= 0.3 is 0 Å². The van der Waals surface area contributed by atoms with Gasteiger partial charge in [-0.25, -0.2) is 4.98 Å². The minimum absolute atomic E-state index is 0.0219. The Morgan fingerprint density at radius 2 is 1.73 bits per heavy atom. The van der Waals surface area contributed by atoms with E-state index in [1.807, 2.05) is 23.9 Å². The highest BCUT2D eigenvalue weighted by Gasteiger charge is 2.24. The fourth-order valence-electron chi connectivity index (χ4n) is 4.29. The molecule has 0 N–H and O–H groups in total. The molecule has 2 aliphatic rings. The van der Waals surface area contributed by atoms with Gasteiger partial charge in [0, 0.05) is 44.0 Å². The molecule has 2 aromatic heterocycles. The third kappa shape index (κ3) is 4.27. The Bertz CT molecular complexity index is 1000. The molecule has 0 saturated carbocycles. The smallest absolute Gasteiger partial charge is 0.262 e. The van der Waals surface area contributed by atoms with Crippen molar-refractivity contribution < 1.29 is 9.59 Å². The minimum atomic E-state index is -0.0219. The van der Waals surface area contributed by atoms with Crippen LogP contribution in [-0.2, 0) is 29.0 Å². The van der Waals surface area contributed by atoms with Crippen molar-refractivity contribution in [1.29, 1.82) is 0 Å². The first-order valence-electron chi connectivity index (χ1n) is 10.6. The molecule has 3 heterocycles. The normalized spacial score (nSPS) is 16.9. The summed E-state index contributed by atoms with van der Waals surface area (Å²) in [6.07, 6.45) is 6.14. The van der Waals surface area contributed by atoms with Crippen molar-refractivity contribution in [1.82, 2.24) is 24.3 Å². The molecule has 1 aliphatic heterocycles. The van der Waals surface area contributed by atoms with Crippen molar-refractivity contribution in [3.63, 3.8) is 0 Å². The zero-order chi connectivity index (χ0) is 21.3. The molecule has 1 aliphatic carbocycles. The number of fused-ring (bicyclic) bond motifs is 3. The third-order valence-electron chi connectivity index (χ3n) is 5.94. The molecule has 0 unspecified atom stereocenters. The zero-order valence-electron chi connectivity index (χ0n) is 17.7. The van der Waals surface area contributed by atoms with Gasteiger partial charge in [-0.2, -0.15) is 0 Å². The predicted octanol–water partition coefficient (Wildman–Crippen LogP) is 0.959. The van der Waals surface area contributed by atoms with E-state index in [0.29, 0.717) is 39.3 Å². The summed E-state index contributed by atoms with van der Waals surface area (Å²) >= 11 is 1.64. The molecule has 4 rings (SSSR count). The topological polar surface area (TPSA) is 78.8 Å². The van der Waals surface area contributed by atoms with Gasteiger partial charge in [0.1, 0.15) is 4.83 Å². The largest absolute Gasteiger partial charge is 0.339 e. The number of hydrogen-bond acceptors (Lipinski definition) is 6. The molecule has 0 atom stereocenters. The molecule has 9 heteroatoms. The second-order valence-electron chi connectivity index (χ2n) is 8.38. The van der Waals surface area contributed by atoms with Gasteiger partial charge in [0.25, 0.3) is 5.56 Å². The number of carbonyl (C=O) groups is 2. The Morgan fingerprint density at radius 3 is 2.43 bits per heavy atom. The molecule has 8 nitrogen and oxygen atoms in total. The molecule has 0 radical (unpaired) electrons. The minimum Gasteiger partial charge on any atom is -0.339 e. The number of likely N-dealkylation sites (N-methyl/N-ethyl adjacent to an activating group) is 1. The fraction of sp³-hybridized carbons (Fsp3) is 0.619. The molecule has 2 amide bonds. The van der Waals surface area contributed by atoms with Crippen LogP contribution >= 0.6 is 11.3 Å². The Labute approximate surface area is 180 Å². The summed E-state index contributed by atoms with van der Waals surface area (Å²) in [6.45, 7) is 2.94. The van der Waals surface area contributed by atoms with E-state index < -0.39 is 0 Å². The average Bonchev–Trinajstić information content (AvgIpc) is 3.12. The van der Waals surface area contributed by atoms with Crippen LogP contribution in [0.1, 0.15) is 29.7 Å². The molecule has 0 aromatic carbocycles. The van der Waals surface area contributed by atoms with Gasteiger partial charge < -0.3 is 14.7 Å². The van der Waals surface area contributed by atoms with Crippen molar-refractivity contribution in [3.05, 3.63) is 27.1 Å². The van der Waals surface area contributed by atoms with Gasteiger partial charge in [0.15, 0.2) is 0 Å². The number of hydrogen-bond donors (Lipinski definition) is 0. The number of aromatic nitrogens is 2. The van der Waals surface area contributed by atoms with Crippen LogP contribution in [0.4, 0.5) is 0 Å². The van der Waals surface area contributed by atoms with E-state index in [1.165, 1.54) is 16.9 Å². The van der Waals surface area contributed by atoms with Crippen molar-refractivity contribution >= 4 is 33.4 Å². The standard InChI is InChI=1S/C21H29N5O3S/c1-23(2)13-18(28)25-11-9-24(10-12-25)17(27)7-8-26-14-22-20-19(21(26)29)15-5-3-4-6-16(15)30-20/h14H,3-13H2,1-2H3. The van der Waals surface area contributed by atoms with Crippen molar-refractivity contribution in [2.45, 2.75) is 38.6 Å². The Hall–Kier alpha value is -2.26. The van der Waals surface area contributed by atoms with E-state index >= 15 is 0 Å². The molecule has 0 spiro atoms. The summed E-state index contributed by atoms with van der Waals surface area (Å²) in [5.41, 5.74) is 1.16. The van der Waals surface area contributed by atoms with Crippen LogP contribution < -0.4 is 5.56 Å². The molecule has 1 fully saturated rings. The number of aryl methyl sites for hydroxylation is 3. The number of carbonyl (C=O) groups excluding carboxylic acids is 2. The van der Waals surface area contributed by atoms with Gasteiger partial charge in [-0.3, -0.25) is 19.0 Å². The Balaban J connectivity index is 1.37. The van der Waals surface area contributed by atoms with Crippen LogP contribution in [0.25, 0.3) is 10.2 Å². The third-order valence-corrected chi connectivity index (χ3v) is 7.14. The van der Waals surface area contributed by atoms with E-state index in [0.717, 1.165) is 29.5 Å². The van der Waals surface area contributed by atoms with Crippen LogP contribution in [0.2, 0.25) is 0 Å². The average molecular weight is 432 g/mol. The van der Waals surface area contributed by atoms with Crippen molar-refractivity contribution in [2.75, 3.05) is 46.8 Å². The maximum Gasteiger partial charge on any atom is 0.262 e. The first-order valence-corrected chi connectivity index (χ1v) is 11.5. The summed E-state index contributed by atoms with van der Waals surface area (Å²) < 4.78 is 1.58. The van der Waals surface area contributed by atoms with E-state index in [1.54, 1.807) is 27.1 Å². The SMILES string of the molecule is CN(C)CC(=O)N1CCN(C(=O)CCn2cnc3sc4c(c3c2=O)CCCC4)CC1. The lowest BCUT2D eigenvalue weighted by molar-refractivity contribution is -0.140. The lowest BCUT2D eigenvalue weighted by Gasteiger charge is -2.35. The van der Waals surface area contributed by atoms with E-state index in [4.69, 9.17) is 0 Å². The van der Waals surface area contributed by atoms with Crippen LogP contribution in [0.5, 0.6) is 0 Å². The van der Waals surface area contributed by atoms with Gasteiger partial charge in [0.05, 0.1) is 18.3 Å². The van der Waals surface area contributed by atoms with Crippen molar-refractivity contribution in [2.24, 2.45) is 0 Å². The van der Waals surface area contributed by atoms with Gasteiger partial charge in [0.2, 0.25) is 11.8 Å². The van der Waals surface area contributed by atoms with Gasteiger partial charge in [-0.05, 0) is 45.3 Å². The molecule has 0 bridgehead atoms. The lowest BCUT2D eigenvalue weighted by atomic mass is 9.97. The second-order valence-corrected chi connectivity index (χ2v) is 9.47. The number of nitrogens with zero attached hydrogens (tertiary/aromatic N) is 5. The van der Waals surface area contributed by atoms with Gasteiger partial charge in [-0.15, -0.1) is 11.3 Å². The Morgan fingerprint density at radius 1 is 1.07 bits per heavy atom. The summed E-state index contributed by atoms with van der Waals surface area (Å²) in [4.78, 5) is 49.9. The first kappa shape index (κ1) is 21.0. The fourth-order valence-corrected chi connectivity index (χ4v) is 5.51. The number of thiophene rings is 1. The molecular formula is C21H29N5O3S. The zero-order valence-corrected chi connectivity index (χ0v) is 18.5. The summed E-state index contributed by atoms with van der Waals surface area (Å²) in [5, 5.41) is 0.762. The number of rotatable bonds is 5. The lowest BCUT2D eigenvalue weighted by Crippen LogP contribution is -2.52. The second kappa shape index (κ2) is 8.85. The van der Waals surface area contributed by atoms with Crippen LogP contribution in [0.3, 0.4) is 0 Å². The van der Waals surface area contributed by atoms with E-state index in [-0.39, 0.29) is 23.8 Å². The molecule has 162 valence electrons. The van der Waals surface area contributed by atoms with Gasteiger partial charge in [-0.1, -0.05) is 0 Å². The Kier molecular flexibility index (Phi) is 6.19. The van der Waals surface area contributed by atoms with E-state index in [2.05, 4.69) is 4.98 Å². The molecule has 1 saturated heterocycles. The highest BCUT2D eigenvalue weighted by atomic mass is 32.1. The summed E-state index contributed by atoms with van der Waals surface area (Å²) in [7, 11) is 3.75. The predicted molar refractivity (Wildman–Crippen MR) is 117 cm³/mol. The summed E-state index contributed by atoms with van der Waals surface area (Å²) in [5.74, 6) is 0.117.